The molecule has 2 aliphatic rings. The first-order valence-corrected chi connectivity index (χ1v) is 9.56. The first kappa shape index (κ1) is 16.9. The zero-order valence-corrected chi connectivity index (χ0v) is 15.2. The molecule has 2 fully saturated rings. The third kappa shape index (κ3) is 4.15. The molecule has 0 bridgehead atoms. The van der Waals surface area contributed by atoms with E-state index in [1.807, 2.05) is 18.2 Å². The maximum atomic E-state index is 12.4. The highest BCUT2D eigenvalue weighted by molar-refractivity contribution is 6.03. The summed E-state index contributed by atoms with van der Waals surface area (Å²) in [5.74, 6) is 0.644. The monoisotopic (exact) mass is 350 g/mol. The number of pyridine rings is 1. The summed E-state index contributed by atoms with van der Waals surface area (Å²) in [4.78, 5) is 19.1. The Bertz CT molecular complexity index is 745. The summed E-state index contributed by atoms with van der Waals surface area (Å²) in [7, 11) is 0. The summed E-state index contributed by atoms with van der Waals surface area (Å²) in [5, 5.41) is 6.30. The van der Waals surface area contributed by atoms with Crippen molar-refractivity contribution in [3.8, 4) is 0 Å². The first-order valence-electron chi connectivity index (χ1n) is 9.56. The van der Waals surface area contributed by atoms with Crippen LogP contribution in [0.3, 0.4) is 0 Å². The van der Waals surface area contributed by atoms with Crippen molar-refractivity contribution in [3.63, 3.8) is 0 Å². The summed E-state index contributed by atoms with van der Waals surface area (Å²) in [6, 6.07) is 12.4. The molecule has 0 spiro atoms. The van der Waals surface area contributed by atoms with Gasteiger partial charge in [0.1, 0.15) is 5.69 Å². The van der Waals surface area contributed by atoms with Gasteiger partial charge in [0.15, 0.2) is 0 Å². The number of anilines is 3. The van der Waals surface area contributed by atoms with E-state index in [0.29, 0.717) is 11.7 Å². The maximum absolute atomic E-state index is 12.4. The van der Waals surface area contributed by atoms with Crippen LogP contribution in [0.25, 0.3) is 0 Å². The minimum Gasteiger partial charge on any atom is -0.381 e. The molecule has 0 unspecified atom stereocenters. The summed E-state index contributed by atoms with van der Waals surface area (Å²) >= 11 is 0. The maximum Gasteiger partial charge on any atom is 0.274 e. The molecule has 1 aromatic heterocycles. The van der Waals surface area contributed by atoms with Gasteiger partial charge in [-0.1, -0.05) is 6.92 Å². The zero-order chi connectivity index (χ0) is 17.9. The Balaban J connectivity index is 1.35. The van der Waals surface area contributed by atoms with Gasteiger partial charge in [0, 0.05) is 30.5 Å². The zero-order valence-electron chi connectivity index (χ0n) is 15.2. The number of aromatic nitrogens is 1. The van der Waals surface area contributed by atoms with E-state index in [-0.39, 0.29) is 5.91 Å². The van der Waals surface area contributed by atoms with Crippen LogP contribution in [0, 0.1) is 5.92 Å². The highest BCUT2D eigenvalue weighted by Crippen LogP contribution is 2.25. The van der Waals surface area contributed by atoms with E-state index in [1.54, 1.807) is 12.3 Å². The minimum absolute atomic E-state index is 0.178. The lowest BCUT2D eigenvalue weighted by atomic mass is 9.99. The molecule has 1 saturated heterocycles. The number of nitrogens with one attached hydrogen (secondary N) is 2. The Kier molecular flexibility index (Phi) is 4.78. The Morgan fingerprint density at radius 1 is 1.00 bits per heavy atom. The molecule has 1 saturated carbocycles. The van der Waals surface area contributed by atoms with Crippen LogP contribution >= 0.6 is 0 Å². The molecule has 2 N–H and O–H groups in total. The second kappa shape index (κ2) is 7.36. The van der Waals surface area contributed by atoms with Crippen molar-refractivity contribution in [2.45, 2.75) is 38.6 Å². The van der Waals surface area contributed by atoms with Gasteiger partial charge in [-0.2, -0.15) is 0 Å². The van der Waals surface area contributed by atoms with Crippen LogP contribution in [-0.4, -0.2) is 30.0 Å². The molecule has 1 aliphatic heterocycles. The molecule has 2 aromatic rings. The number of carbonyl (C=O) groups excluding carboxylic acids is 1. The molecule has 4 rings (SSSR count). The molecule has 0 atom stereocenters. The largest absolute Gasteiger partial charge is 0.381 e. The number of hydrogen-bond acceptors (Lipinski definition) is 4. The average Bonchev–Trinajstić information content (AvgIpc) is 3.48. The molecule has 26 heavy (non-hydrogen) atoms. The second-order valence-electron chi connectivity index (χ2n) is 7.52. The van der Waals surface area contributed by atoms with E-state index in [2.05, 4.69) is 39.6 Å². The molecule has 2 heterocycles. The third-order valence-electron chi connectivity index (χ3n) is 5.22. The van der Waals surface area contributed by atoms with Crippen LogP contribution in [0.2, 0.25) is 0 Å². The first-order chi connectivity index (χ1) is 12.7. The van der Waals surface area contributed by atoms with Crippen molar-refractivity contribution in [2.75, 3.05) is 28.6 Å². The Morgan fingerprint density at radius 2 is 1.69 bits per heavy atom. The van der Waals surface area contributed by atoms with Gasteiger partial charge in [-0.15, -0.1) is 0 Å². The molecular formula is C21H26N4O. The highest BCUT2D eigenvalue weighted by atomic mass is 16.1. The normalized spacial score (nSPS) is 17.8. The van der Waals surface area contributed by atoms with Gasteiger partial charge in [-0.25, -0.2) is 4.98 Å². The van der Waals surface area contributed by atoms with Crippen LogP contribution in [0.1, 0.15) is 43.1 Å². The van der Waals surface area contributed by atoms with Gasteiger partial charge in [-0.05, 0) is 68.0 Å². The van der Waals surface area contributed by atoms with E-state index in [4.69, 9.17) is 0 Å². The summed E-state index contributed by atoms with van der Waals surface area (Å²) < 4.78 is 0. The predicted molar refractivity (Wildman–Crippen MR) is 106 cm³/mol. The van der Waals surface area contributed by atoms with Gasteiger partial charge >= 0.3 is 0 Å². The lowest BCUT2D eigenvalue weighted by molar-refractivity contribution is 0.102. The Hall–Kier alpha value is -2.56. The Morgan fingerprint density at radius 3 is 2.31 bits per heavy atom. The number of amides is 1. The van der Waals surface area contributed by atoms with Gasteiger partial charge in [-0.3, -0.25) is 4.79 Å². The van der Waals surface area contributed by atoms with E-state index >= 15 is 0 Å². The Labute approximate surface area is 154 Å². The van der Waals surface area contributed by atoms with Crippen LogP contribution in [0.15, 0.2) is 42.6 Å². The van der Waals surface area contributed by atoms with Gasteiger partial charge in [0.25, 0.3) is 5.91 Å². The van der Waals surface area contributed by atoms with Crippen molar-refractivity contribution in [2.24, 2.45) is 5.92 Å². The van der Waals surface area contributed by atoms with E-state index in [1.165, 1.54) is 31.4 Å². The van der Waals surface area contributed by atoms with Crippen molar-refractivity contribution in [3.05, 3.63) is 48.3 Å². The van der Waals surface area contributed by atoms with E-state index < -0.39 is 0 Å². The van der Waals surface area contributed by atoms with Crippen molar-refractivity contribution in [1.82, 2.24) is 4.98 Å². The van der Waals surface area contributed by atoms with Gasteiger partial charge in [0.2, 0.25) is 0 Å². The number of carbonyl (C=O) groups is 1. The smallest absolute Gasteiger partial charge is 0.274 e. The van der Waals surface area contributed by atoms with Crippen LogP contribution < -0.4 is 15.5 Å². The highest BCUT2D eigenvalue weighted by Gasteiger charge is 2.21. The number of piperidine rings is 1. The fourth-order valence-electron chi connectivity index (χ4n) is 3.29. The molecule has 5 nitrogen and oxygen atoms in total. The second-order valence-corrected chi connectivity index (χ2v) is 7.52. The number of rotatable bonds is 5. The molecular weight excluding hydrogens is 324 g/mol. The SMILES string of the molecule is CC1CCN(c2ccc(NC(=O)c3ccc(NC4CC4)cn3)cc2)CC1. The van der Waals surface area contributed by atoms with Crippen LogP contribution in [-0.2, 0) is 0 Å². The number of hydrogen-bond donors (Lipinski definition) is 2. The quantitative estimate of drug-likeness (QED) is 0.851. The van der Waals surface area contributed by atoms with Crippen LogP contribution in [0.4, 0.5) is 17.1 Å². The van der Waals surface area contributed by atoms with E-state index in [9.17, 15) is 4.79 Å². The molecule has 0 radical (unpaired) electrons. The average molecular weight is 350 g/mol. The number of benzene rings is 1. The fourth-order valence-corrected chi connectivity index (χ4v) is 3.29. The standard InChI is InChI=1S/C21H26N4O/c1-15-10-12-25(13-11-15)19-7-4-17(5-8-19)24-21(26)20-9-6-18(14-22-20)23-16-2-3-16/h4-9,14-16,23H,2-3,10-13H2,1H3,(H,24,26). The lowest BCUT2D eigenvalue weighted by Crippen LogP contribution is -2.32. The molecule has 136 valence electrons. The summed E-state index contributed by atoms with van der Waals surface area (Å²) in [6.07, 6.45) is 6.66. The van der Waals surface area contributed by atoms with Crippen molar-refractivity contribution in [1.29, 1.82) is 0 Å². The summed E-state index contributed by atoms with van der Waals surface area (Å²) in [6.45, 7) is 4.54. The molecule has 1 aliphatic carbocycles. The molecule has 5 heteroatoms. The van der Waals surface area contributed by atoms with Gasteiger partial charge < -0.3 is 15.5 Å². The molecule has 1 aromatic carbocycles. The summed E-state index contributed by atoms with van der Waals surface area (Å²) in [5.41, 5.74) is 3.43. The topological polar surface area (TPSA) is 57.3 Å². The minimum atomic E-state index is -0.178. The lowest BCUT2D eigenvalue weighted by Gasteiger charge is -2.32. The van der Waals surface area contributed by atoms with E-state index in [0.717, 1.165) is 30.4 Å². The van der Waals surface area contributed by atoms with Crippen molar-refractivity contribution < 1.29 is 4.79 Å². The van der Waals surface area contributed by atoms with Gasteiger partial charge in [0.05, 0.1) is 11.9 Å². The predicted octanol–water partition coefficient (Wildman–Crippen LogP) is 4.14. The third-order valence-corrected chi connectivity index (χ3v) is 5.22. The fraction of sp³-hybridized carbons (Fsp3) is 0.429. The molecule has 1 amide bonds. The van der Waals surface area contributed by atoms with Crippen molar-refractivity contribution >= 4 is 23.0 Å². The van der Waals surface area contributed by atoms with Crippen LogP contribution in [0.5, 0.6) is 0 Å². The number of nitrogens with zero attached hydrogens (tertiary/aromatic N) is 2.